The molecule has 0 radical (unpaired) electrons. The smallest absolute Gasteiger partial charge is 0.341 e. The molecule has 0 bridgehead atoms. The minimum Gasteiger partial charge on any atom is -0.475 e. The predicted molar refractivity (Wildman–Crippen MR) is 114 cm³/mol. The van der Waals surface area contributed by atoms with Gasteiger partial charge in [0.2, 0.25) is 5.69 Å². The fourth-order valence-corrected chi connectivity index (χ4v) is 6.46. The van der Waals surface area contributed by atoms with E-state index in [4.69, 9.17) is 16.3 Å². The van der Waals surface area contributed by atoms with E-state index < -0.39 is 37.6 Å². The average Bonchev–Trinajstić information content (AvgIpc) is 2.71. The Kier molecular flexibility index (Phi) is 6.23. The molecule has 2 atom stereocenters. The van der Waals surface area contributed by atoms with Crippen molar-refractivity contribution in [3.8, 4) is 17.6 Å². The molecular weight excluding hydrogens is 429 g/mol. The summed E-state index contributed by atoms with van der Waals surface area (Å²) >= 11 is 5.54. The lowest BCUT2D eigenvalue weighted by atomic mass is 9.98. The van der Waals surface area contributed by atoms with Crippen LogP contribution >= 0.6 is 11.6 Å². The summed E-state index contributed by atoms with van der Waals surface area (Å²) in [4.78, 5) is 13.7. The molecule has 3 rings (SSSR count). The molecule has 0 aliphatic carbocycles. The second kappa shape index (κ2) is 8.38. The Hall–Kier alpha value is -2.40. The van der Waals surface area contributed by atoms with Crippen LogP contribution in [0.5, 0.6) is 5.75 Å². The summed E-state index contributed by atoms with van der Waals surface area (Å²) in [5.74, 6) is 3.58. The Bertz CT molecular complexity index is 1150. The summed E-state index contributed by atoms with van der Waals surface area (Å²) in [7, 11) is -4.27. The summed E-state index contributed by atoms with van der Waals surface area (Å²) in [5, 5.41) is 0. The zero-order valence-corrected chi connectivity index (χ0v) is 18.4. The number of carbonyl (C=O) groups excluding carboxylic acids is 1. The van der Waals surface area contributed by atoms with Crippen molar-refractivity contribution < 1.29 is 22.3 Å². The Labute approximate surface area is 181 Å². The van der Waals surface area contributed by atoms with Crippen molar-refractivity contribution >= 4 is 33.2 Å². The van der Waals surface area contributed by atoms with Crippen molar-refractivity contribution in [2.45, 2.75) is 37.6 Å². The van der Waals surface area contributed by atoms with E-state index in [9.17, 15) is 17.6 Å². The highest BCUT2D eigenvalue weighted by molar-refractivity contribution is 7.91. The Morgan fingerprint density at radius 3 is 2.57 bits per heavy atom. The van der Waals surface area contributed by atoms with Crippen molar-refractivity contribution in [2.24, 2.45) is 0 Å². The van der Waals surface area contributed by atoms with Gasteiger partial charge in [-0.3, -0.25) is 0 Å². The summed E-state index contributed by atoms with van der Waals surface area (Å²) in [6.07, 6.45) is 0. The van der Waals surface area contributed by atoms with Crippen LogP contribution in [0.1, 0.15) is 32.3 Å². The topological polar surface area (TPSA) is 60.4 Å². The number of alkyl halides is 1. The van der Waals surface area contributed by atoms with Crippen LogP contribution in [0.3, 0.4) is 0 Å². The number of hydrogen-bond acceptors (Lipinski definition) is 4. The molecule has 8 heteroatoms. The first-order valence-electron chi connectivity index (χ1n) is 9.41. The molecule has 2 aromatic carbocycles. The van der Waals surface area contributed by atoms with Crippen molar-refractivity contribution in [1.82, 2.24) is 3.89 Å². The van der Waals surface area contributed by atoms with Gasteiger partial charge in [0.15, 0.2) is 5.75 Å². The third kappa shape index (κ3) is 3.29. The van der Waals surface area contributed by atoms with Gasteiger partial charge in [-0.05, 0) is 44.5 Å². The van der Waals surface area contributed by atoms with Gasteiger partial charge in [-0.1, -0.05) is 30.0 Å². The molecule has 0 aromatic heterocycles. The second-order valence-corrected chi connectivity index (χ2v) is 9.45. The van der Waals surface area contributed by atoms with E-state index in [0.29, 0.717) is 5.56 Å². The molecule has 1 heterocycles. The highest BCUT2D eigenvalue weighted by Crippen LogP contribution is 2.48. The molecule has 158 valence electrons. The molecular formula is C22H22ClFNO4S+. The number of fused-ring (bicyclic) bond motifs is 1. The van der Waals surface area contributed by atoms with Gasteiger partial charge in [-0.15, -0.1) is 15.5 Å². The lowest BCUT2D eigenvalue weighted by Gasteiger charge is -2.42. The lowest BCUT2D eigenvalue weighted by molar-refractivity contribution is -0.128. The van der Waals surface area contributed by atoms with Gasteiger partial charge in [0.1, 0.15) is 23.4 Å². The summed E-state index contributed by atoms with van der Waals surface area (Å²) < 4.78 is 46.7. The van der Waals surface area contributed by atoms with E-state index in [-0.39, 0.29) is 28.8 Å². The van der Waals surface area contributed by atoms with Crippen molar-refractivity contribution in [1.29, 1.82) is 0 Å². The fourth-order valence-electron chi connectivity index (χ4n) is 3.91. The van der Waals surface area contributed by atoms with Crippen LogP contribution in [0.2, 0.25) is 0 Å². The number of halogens is 2. The minimum absolute atomic E-state index is 0.0583. The SMILES string of the molecule is CC1C(=O)[N+](c2cc(F)ccc2OCC#CCCl)(C(C)C)S(=O)(=O)c2ccccc21. The van der Waals surface area contributed by atoms with Gasteiger partial charge in [0, 0.05) is 6.07 Å². The number of quaternary nitrogens is 1. The molecule has 2 unspecified atom stereocenters. The van der Waals surface area contributed by atoms with Crippen LogP contribution in [0, 0.1) is 17.7 Å². The minimum atomic E-state index is -4.27. The summed E-state index contributed by atoms with van der Waals surface area (Å²) in [5.41, 5.74) is 0.368. The average molecular weight is 451 g/mol. The van der Waals surface area contributed by atoms with Gasteiger partial charge < -0.3 is 4.74 Å². The summed E-state index contributed by atoms with van der Waals surface area (Å²) in [6, 6.07) is 9.21. The monoisotopic (exact) mass is 450 g/mol. The van der Waals surface area contributed by atoms with E-state index in [2.05, 4.69) is 11.8 Å². The number of carbonyl (C=O) groups is 1. The van der Waals surface area contributed by atoms with Crippen LogP contribution in [0.15, 0.2) is 47.4 Å². The molecule has 1 amide bonds. The van der Waals surface area contributed by atoms with Gasteiger partial charge in [-0.2, -0.15) is 8.42 Å². The quantitative estimate of drug-likeness (QED) is 0.398. The maximum absolute atomic E-state index is 14.3. The van der Waals surface area contributed by atoms with Crippen LogP contribution in [-0.2, 0) is 14.8 Å². The van der Waals surface area contributed by atoms with E-state index in [1.807, 2.05) is 0 Å². The first-order valence-corrected chi connectivity index (χ1v) is 11.4. The number of ether oxygens (including phenoxy) is 1. The number of nitrogens with zero attached hydrogens (tertiary/aromatic N) is 1. The lowest BCUT2D eigenvalue weighted by Crippen LogP contribution is -2.65. The van der Waals surface area contributed by atoms with Gasteiger partial charge in [0.25, 0.3) is 0 Å². The van der Waals surface area contributed by atoms with Gasteiger partial charge >= 0.3 is 15.9 Å². The Morgan fingerprint density at radius 1 is 1.20 bits per heavy atom. The van der Waals surface area contributed by atoms with Crippen molar-refractivity contribution in [3.05, 3.63) is 53.8 Å². The number of benzene rings is 2. The Balaban J connectivity index is 2.33. The molecule has 30 heavy (non-hydrogen) atoms. The first kappa shape index (κ1) is 22.3. The van der Waals surface area contributed by atoms with E-state index in [1.165, 1.54) is 12.1 Å². The maximum Gasteiger partial charge on any atom is 0.341 e. The van der Waals surface area contributed by atoms with Crippen molar-refractivity contribution in [3.63, 3.8) is 0 Å². The van der Waals surface area contributed by atoms with Crippen LogP contribution in [0.4, 0.5) is 10.1 Å². The third-order valence-electron chi connectivity index (χ3n) is 5.24. The molecule has 0 spiro atoms. The molecule has 0 fully saturated rings. The van der Waals surface area contributed by atoms with E-state index >= 15 is 0 Å². The Morgan fingerprint density at radius 2 is 1.90 bits per heavy atom. The fraction of sp³-hybridized carbons (Fsp3) is 0.318. The molecule has 0 saturated heterocycles. The molecule has 1 aliphatic rings. The second-order valence-electron chi connectivity index (χ2n) is 7.21. The normalized spacial score (nSPS) is 22.2. The predicted octanol–water partition coefficient (Wildman–Crippen LogP) is 4.20. The largest absolute Gasteiger partial charge is 0.475 e. The molecule has 1 aliphatic heterocycles. The molecule has 0 saturated carbocycles. The molecule has 0 N–H and O–H groups in total. The maximum atomic E-state index is 14.3. The van der Waals surface area contributed by atoms with Gasteiger partial charge in [0.05, 0.1) is 11.8 Å². The first-order chi connectivity index (χ1) is 14.2. The van der Waals surface area contributed by atoms with E-state index in [0.717, 1.165) is 12.1 Å². The molecule has 2 aromatic rings. The number of sulfonamides is 1. The van der Waals surface area contributed by atoms with Crippen LogP contribution in [0.25, 0.3) is 0 Å². The molecule has 5 nitrogen and oxygen atoms in total. The van der Waals surface area contributed by atoms with Gasteiger partial charge in [-0.25, -0.2) is 9.18 Å². The number of rotatable bonds is 4. The number of hydrogen-bond donors (Lipinski definition) is 0. The zero-order valence-electron chi connectivity index (χ0n) is 16.9. The summed E-state index contributed by atoms with van der Waals surface area (Å²) in [6.45, 7) is 4.83. The van der Waals surface area contributed by atoms with Crippen LogP contribution < -0.4 is 8.63 Å². The highest BCUT2D eigenvalue weighted by Gasteiger charge is 2.61. The van der Waals surface area contributed by atoms with E-state index in [1.54, 1.807) is 39.0 Å². The van der Waals surface area contributed by atoms with Crippen molar-refractivity contribution in [2.75, 3.05) is 12.5 Å². The zero-order chi connectivity index (χ0) is 22.1. The number of amides is 1. The van der Waals surface area contributed by atoms with Crippen LogP contribution in [-0.4, -0.2) is 32.9 Å². The third-order valence-corrected chi connectivity index (χ3v) is 7.86. The standard InChI is InChI=1S/C22H22ClFNO4S/c1-15(2)25(19-14-17(24)10-11-20(19)29-13-7-6-12-23)22(26)16(3)18-8-4-5-9-21(18)30(25,27)28/h4-5,8-11,14-16H,12-13H2,1-3H3/q+1. The highest BCUT2D eigenvalue weighted by atomic mass is 35.5.